The number of hydrogen-bond acceptors (Lipinski definition) is 6. The lowest BCUT2D eigenvalue weighted by Crippen LogP contribution is -1.89. The number of thiol groups is 1. The molecule has 6 nitrogen and oxygen atoms in total. The lowest BCUT2D eigenvalue weighted by molar-refractivity contribution is -0.410. The average molecular weight is 249 g/mol. The fourth-order valence-electron chi connectivity index (χ4n) is 1.15. The van der Waals surface area contributed by atoms with Crippen LogP contribution in [-0.2, 0) is 0 Å². The van der Waals surface area contributed by atoms with Crippen molar-refractivity contribution >= 4 is 29.8 Å². The second kappa shape index (κ2) is 4.79. The van der Waals surface area contributed by atoms with Crippen LogP contribution >= 0.6 is 12.6 Å². The molecule has 0 amide bonds. The zero-order valence-electron chi connectivity index (χ0n) is 8.48. The molecule has 2 aromatic rings. The number of pyridine rings is 1. The molecule has 0 fully saturated rings. The van der Waals surface area contributed by atoms with Gasteiger partial charge >= 0.3 is 0 Å². The molecule has 0 aliphatic carbocycles. The van der Waals surface area contributed by atoms with E-state index in [0.29, 0.717) is 17.0 Å². The lowest BCUT2D eigenvalue weighted by atomic mass is 10.4. The van der Waals surface area contributed by atoms with Crippen LogP contribution in [0.4, 0.5) is 0 Å². The molecule has 86 valence electrons. The highest BCUT2D eigenvalue weighted by Gasteiger charge is 2.02. The van der Waals surface area contributed by atoms with Gasteiger partial charge in [-0.05, 0) is 6.08 Å². The van der Waals surface area contributed by atoms with Gasteiger partial charge in [-0.2, -0.15) is 0 Å². The highest BCUT2D eigenvalue weighted by molar-refractivity contribution is 7.84. The van der Waals surface area contributed by atoms with E-state index in [9.17, 15) is 10.1 Å². The normalized spacial score (nSPS) is 12.4. The molecule has 0 saturated heterocycles. The second-order valence-electron chi connectivity index (χ2n) is 3.04. The molecular formula is C10H7N3O3S. The van der Waals surface area contributed by atoms with Crippen LogP contribution in [0.3, 0.4) is 0 Å². The lowest BCUT2D eigenvalue weighted by Gasteiger charge is -1.83. The Morgan fingerprint density at radius 3 is 3.12 bits per heavy atom. The largest absolute Gasteiger partial charge is 0.437 e. The molecule has 2 rings (SSSR count). The molecule has 0 atom stereocenters. The molecule has 2 aromatic heterocycles. The Morgan fingerprint density at radius 1 is 1.59 bits per heavy atom. The molecule has 0 aromatic carbocycles. The summed E-state index contributed by atoms with van der Waals surface area (Å²) in [5, 5.41) is 10.0. The smallest absolute Gasteiger partial charge is 0.300 e. The Balaban J connectivity index is 2.21. The summed E-state index contributed by atoms with van der Waals surface area (Å²) in [5.41, 5.74) is 1.25. The number of aromatic nitrogens is 2. The first kappa shape index (κ1) is 11.3. The number of hydrogen-bond donors (Lipinski definition) is 1. The third-order valence-corrected chi connectivity index (χ3v) is 2.19. The van der Waals surface area contributed by atoms with Crippen molar-refractivity contribution in [2.24, 2.45) is 0 Å². The number of nitrogens with zero attached hydrogens (tertiary/aromatic N) is 3. The fourth-order valence-corrected chi connectivity index (χ4v) is 1.23. The van der Waals surface area contributed by atoms with E-state index >= 15 is 0 Å². The quantitative estimate of drug-likeness (QED) is 0.390. The third kappa shape index (κ3) is 2.70. The molecule has 0 saturated carbocycles. The first-order valence-corrected chi connectivity index (χ1v) is 5.04. The van der Waals surface area contributed by atoms with Gasteiger partial charge in [-0.3, -0.25) is 15.1 Å². The third-order valence-electron chi connectivity index (χ3n) is 1.88. The van der Waals surface area contributed by atoms with Crippen LogP contribution in [0, 0.1) is 10.1 Å². The van der Waals surface area contributed by atoms with Gasteiger partial charge in [0.25, 0.3) is 5.03 Å². The molecule has 2 heterocycles. The van der Waals surface area contributed by atoms with Gasteiger partial charge in [0.1, 0.15) is 5.52 Å². The highest BCUT2D eigenvalue weighted by Crippen LogP contribution is 2.14. The number of allylic oxidation sites excluding steroid dienone is 2. The topological polar surface area (TPSA) is 82.1 Å². The Bertz CT molecular complexity index is 585. The molecule has 0 radical (unpaired) electrons. The van der Waals surface area contributed by atoms with E-state index in [4.69, 9.17) is 4.42 Å². The van der Waals surface area contributed by atoms with Gasteiger partial charge in [0.2, 0.25) is 5.89 Å². The first-order valence-electron chi connectivity index (χ1n) is 4.59. The van der Waals surface area contributed by atoms with Gasteiger partial charge in [0, 0.05) is 24.4 Å². The number of nitro groups is 1. The Kier molecular flexibility index (Phi) is 3.20. The van der Waals surface area contributed by atoms with Gasteiger partial charge in [-0.25, -0.2) is 4.98 Å². The van der Waals surface area contributed by atoms with Crippen molar-refractivity contribution in [3.63, 3.8) is 0 Å². The second-order valence-corrected chi connectivity index (χ2v) is 3.49. The Hall–Kier alpha value is -2.15. The summed E-state index contributed by atoms with van der Waals surface area (Å²) in [6, 6.07) is 1.69. The van der Waals surface area contributed by atoms with Crippen LogP contribution < -0.4 is 0 Å². The minimum absolute atomic E-state index is 0.251. The van der Waals surface area contributed by atoms with E-state index in [2.05, 4.69) is 22.6 Å². The molecule has 0 aliphatic heterocycles. The molecular weight excluding hydrogens is 242 g/mol. The fraction of sp³-hybridized carbons (Fsp3) is 0. The summed E-state index contributed by atoms with van der Waals surface area (Å²) in [5.74, 6) is 0.355. The number of rotatable bonds is 3. The van der Waals surface area contributed by atoms with Crippen molar-refractivity contribution in [1.29, 1.82) is 0 Å². The molecule has 0 N–H and O–H groups in total. The van der Waals surface area contributed by atoms with E-state index in [-0.39, 0.29) is 5.03 Å². The maximum Gasteiger partial charge on any atom is 0.300 e. The van der Waals surface area contributed by atoms with Crippen LogP contribution in [0.25, 0.3) is 17.2 Å². The zero-order chi connectivity index (χ0) is 12.3. The van der Waals surface area contributed by atoms with Crippen molar-refractivity contribution in [1.82, 2.24) is 9.97 Å². The maximum absolute atomic E-state index is 10.3. The van der Waals surface area contributed by atoms with Crippen LogP contribution in [0.15, 0.2) is 40.1 Å². The molecule has 7 heteroatoms. The summed E-state index contributed by atoms with van der Waals surface area (Å²) >= 11 is 3.67. The molecule has 0 bridgehead atoms. The van der Waals surface area contributed by atoms with E-state index in [1.54, 1.807) is 18.5 Å². The summed E-state index contributed by atoms with van der Waals surface area (Å²) < 4.78 is 5.35. The van der Waals surface area contributed by atoms with Gasteiger partial charge in [0.05, 0.1) is 11.1 Å². The monoisotopic (exact) mass is 249 g/mol. The van der Waals surface area contributed by atoms with Crippen LogP contribution in [-0.4, -0.2) is 14.9 Å². The Labute approximate surface area is 101 Å². The summed E-state index contributed by atoms with van der Waals surface area (Å²) in [4.78, 5) is 17.7. The van der Waals surface area contributed by atoms with Gasteiger partial charge < -0.3 is 4.42 Å². The summed E-state index contributed by atoms with van der Waals surface area (Å²) in [6.45, 7) is 0. The molecule has 0 spiro atoms. The van der Waals surface area contributed by atoms with Gasteiger partial charge in [-0.15, -0.1) is 0 Å². The van der Waals surface area contributed by atoms with E-state index < -0.39 is 4.92 Å². The molecule has 0 unspecified atom stereocenters. The maximum atomic E-state index is 10.3. The summed E-state index contributed by atoms with van der Waals surface area (Å²) in [7, 11) is 0. The molecule has 17 heavy (non-hydrogen) atoms. The number of oxazole rings is 1. The summed E-state index contributed by atoms with van der Waals surface area (Å²) in [6.07, 6.45) is 7.38. The minimum atomic E-state index is -0.594. The predicted octanol–water partition coefficient (Wildman–Crippen LogP) is 2.28. The first-order chi connectivity index (χ1) is 8.16. The van der Waals surface area contributed by atoms with Crippen molar-refractivity contribution in [3.8, 4) is 0 Å². The van der Waals surface area contributed by atoms with Gasteiger partial charge in [-0.1, -0.05) is 12.6 Å². The van der Waals surface area contributed by atoms with Gasteiger partial charge in [0.15, 0.2) is 5.58 Å². The number of fused-ring (bicyclic) bond motifs is 1. The van der Waals surface area contributed by atoms with Crippen molar-refractivity contribution < 1.29 is 9.34 Å². The van der Waals surface area contributed by atoms with Crippen molar-refractivity contribution in [2.45, 2.75) is 0 Å². The Morgan fingerprint density at radius 2 is 2.41 bits per heavy atom. The SMILES string of the molecule is O=[N+]([O-])/C(S)=C/C=C/c1nc2cnccc2o1. The van der Waals surface area contributed by atoms with E-state index in [1.165, 1.54) is 18.2 Å². The van der Waals surface area contributed by atoms with E-state index in [1.807, 2.05) is 0 Å². The van der Waals surface area contributed by atoms with E-state index in [0.717, 1.165) is 0 Å². The highest BCUT2D eigenvalue weighted by atomic mass is 32.1. The predicted molar refractivity (Wildman–Crippen MR) is 64.9 cm³/mol. The van der Waals surface area contributed by atoms with Crippen LogP contribution in [0.1, 0.15) is 5.89 Å². The zero-order valence-corrected chi connectivity index (χ0v) is 9.37. The van der Waals surface area contributed by atoms with Crippen LogP contribution in [0.2, 0.25) is 0 Å². The molecule has 0 aliphatic rings. The van der Waals surface area contributed by atoms with Crippen molar-refractivity contribution in [2.75, 3.05) is 0 Å². The standard InChI is InChI=1S/C10H7N3O3S/c14-13(15)10(17)3-1-2-9-12-7-6-11-5-4-8(7)16-9/h1-6,17H/b2-1+,10-3-. The average Bonchev–Trinajstić information content (AvgIpc) is 2.71. The minimum Gasteiger partial charge on any atom is -0.437 e. The van der Waals surface area contributed by atoms with Crippen LogP contribution in [0.5, 0.6) is 0 Å². The van der Waals surface area contributed by atoms with Crippen molar-refractivity contribution in [3.05, 3.63) is 51.6 Å².